The number of rotatable bonds is 2. The SMILES string of the molecule is CCc1cc(C#N)cc(C)c1NC(C)=O. The van der Waals surface area contributed by atoms with Crippen LogP contribution >= 0.6 is 0 Å². The van der Waals surface area contributed by atoms with Crippen molar-refractivity contribution < 1.29 is 4.79 Å². The third kappa shape index (κ3) is 2.57. The van der Waals surface area contributed by atoms with Crippen molar-refractivity contribution >= 4 is 11.6 Å². The van der Waals surface area contributed by atoms with Gasteiger partial charge in [-0.3, -0.25) is 4.79 Å². The molecule has 1 aromatic rings. The molecule has 0 aliphatic rings. The molecule has 3 nitrogen and oxygen atoms in total. The highest BCUT2D eigenvalue weighted by atomic mass is 16.1. The van der Waals surface area contributed by atoms with Crippen LogP contribution in [-0.4, -0.2) is 5.91 Å². The van der Waals surface area contributed by atoms with E-state index in [9.17, 15) is 4.79 Å². The van der Waals surface area contributed by atoms with Crippen LogP contribution in [-0.2, 0) is 11.2 Å². The first-order valence-corrected chi connectivity index (χ1v) is 4.89. The maximum absolute atomic E-state index is 11.0. The largest absolute Gasteiger partial charge is 0.326 e. The van der Waals surface area contributed by atoms with Gasteiger partial charge in [0.15, 0.2) is 0 Å². The van der Waals surface area contributed by atoms with E-state index in [4.69, 9.17) is 5.26 Å². The number of nitriles is 1. The molecule has 1 amide bonds. The predicted molar refractivity (Wildman–Crippen MR) is 59.6 cm³/mol. The molecule has 0 aliphatic carbocycles. The molecule has 0 saturated heterocycles. The summed E-state index contributed by atoms with van der Waals surface area (Å²) >= 11 is 0. The lowest BCUT2D eigenvalue weighted by atomic mass is 10.0. The minimum absolute atomic E-state index is 0.0856. The second-order valence-electron chi connectivity index (χ2n) is 3.47. The fourth-order valence-corrected chi connectivity index (χ4v) is 1.56. The van der Waals surface area contributed by atoms with Crippen LogP contribution in [0.2, 0.25) is 0 Å². The zero-order valence-electron chi connectivity index (χ0n) is 9.22. The van der Waals surface area contributed by atoms with Gasteiger partial charge < -0.3 is 5.32 Å². The highest BCUT2D eigenvalue weighted by Crippen LogP contribution is 2.23. The van der Waals surface area contributed by atoms with Crippen molar-refractivity contribution in [3.8, 4) is 6.07 Å². The van der Waals surface area contributed by atoms with Crippen molar-refractivity contribution in [2.45, 2.75) is 27.2 Å². The van der Waals surface area contributed by atoms with E-state index in [1.807, 2.05) is 19.9 Å². The fraction of sp³-hybridized carbons (Fsp3) is 0.333. The Morgan fingerprint density at radius 1 is 1.53 bits per heavy atom. The lowest BCUT2D eigenvalue weighted by molar-refractivity contribution is -0.114. The third-order valence-corrected chi connectivity index (χ3v) is 2.23. The number of nitrogens with one attached hydrogen (secondary N) is 1. The molecule has 0 spiro atoms. The Labute approximate surface area is 89.7 Å². The number of benzene rings is 1. The number of carbonyl (C=O) groups is 1. The standard InChI is InChI=1S/C12H14N2O/c1-4-11-6-10(7-13)5-8(2)12(11)14-9(3)15/h5-6H,4H2,1-3H3,(H,14,15). The minimum atomic E-state index is -0.0856. The van der Waals surface area contributed by atoms with Gasteiger partial charge in [0.05, 0.1) is 11.6 Å². The number of amides is 1. The lowest BCUT2D eigenvalue weighted by Gasteiger charge is -2.12. The first kappa shape index (κ1) is 11.3. The number of hydrogen-bond donors (Lipinski definition) is 1. The molecule has 1 N–H and O–H groups in total. The molecular formula is C12H14N2O. The Balaban J connectivity index is 3.25. The molecule has 0 radical (unpaired) electrons. The zero-order valence-corrected chi connectivity index (χ0v) is 9.22. The summed E-state index contributed by atoms with van der Waals surface area (Å²) in [5.41, 5.74) is 3.41. The van der Waals surface area contributed by atoms with Crippen LogP contribution in [0.5, 0.6) is 0 Å². The van der Waals surface area contributed by atoms with Gasteiger partial charge in [-0.15, -0.1) is 0 Å². The summed E-state index contributed by atoms with van der Waals surface area (Å²) in [6, 6.07) is 5.71. The molecule has 0 atom stereocenters. The summed E-state index contributed by atoms with van der Waals surface area (Å²) in [6.45, 7) is 5.38. The number of nitrogens with zero attached hydrogens (tertiary/aromatic N) is 1. The average Bonchev–Trinajstić information content (AvgIpc) is 2.20. The van der Waals surface area contributed by atoms with Crippen LogP contribution in [0, 0.1) is 18.3 Å². The molecule has 0 heterocycles. The molecule has 0 bridgehead atoms. The summed E-state index contributed by atoms with van der Waals surface area (Å²) in [5, 5.41) is 11.6. The van der Waals surface area contributed by atoms with E-state index in [1.165, 1.54) is 6.92 Å². The molecule has 0 fully saturated rings. The highest BCUT2D eigenvalue weighted by Gasteiger charge is 2.07. The van der Waals surface area contributed by atoms with Gasteiger partial charge in [-0.25, -0.2) is 0 Å². The molecule has 0 aromatic heterocycles. The number of hydrogen-bond acceptors (Lipinski definition) is 2. The van der Waals surface area contributed by atoms with E-state index < -0.39 is 0 Å². The smallest absolute Gasteiger partial charge is 0.221 e. The molecule has 1 rings (SSSR count). The van der Waals surface area contributed by atoms with Crippen molar-refractivity contribution in [2.24, 2.45) is 0 Å². The van der Waals surface area contributed by atoms with Crippen LogP contribution in [0.15, 0.2) is 12.1 Å². The van der Waals surface area contributed by atoms with Crippen LogP contribution < -0.4 is 5.32 Å². The van der Waals surface area contributed by atoms with Gasteiger partial charge >= 0.3 is 0 Å². The van der Waals surface area contributed by atoms with Crippen LogP contribution in [0.25, 0.3) is 0 Å². The minimum Gasteiger partial charge on any atom is -0.326 e. The van der Waals surface area contributed by atoms with E-state index in [0.29, 0.717) is 5.56 Å². The molecule has 1 aromatic carbocycles. The van der Waals surface area contributed by atoms with E-state index in [0.717, 1.165) is 23.2 Å². The number of anilines is 1. The van der Waals surface area contributed by atoms with Crippen molar-refractivity contribution in [1.29, 1.82) is 5.26 Å². The average molecular weight is 202 g/mol. The van der Waals surface area contributed by atoms with Gasteiger partial charge in [0.25, 0.3) is 0 Å². The Hall–Kier alpha value is -1.82. The van der Waals surface area contributed by atoms with Gasteiger partial charge in [-0.2, -0.15) is 5.26 Å². The summed E-state index contributed by atoms with van der Waals surface area (Å²) in [7, 11) is 0. The summed E-state index contributed by atoms with van der Waals surface area (Å²) in [6.07, 6.45) is 0.798. The summed E-state index contributed by atoms with van der Waals surface area (Å²) in [5.74, 6) is -0.0856. The first-order valence-electron chi connectivity index (χ1n) is 4.89. The van der Waals surface area contributed by atoms with Gasteiger partial charge in [0.2, 0.25) is 5.91 Å². The van der Waals surface area contributed by atoms with Crippen LogP contribution in [0.1, 0.15) is 30.5 Å². The highest BCUT2D eigenvalue weighted by molar-refractivity contribution is 5.90. The predicted octanol–water partition coefficient (Wildman–Crippen LogP) is 2.39. The zero-order chi connectivity index (χ0) is 11.4. The van der Waals surface area contributed by atoms with Crippen LogP contribution in [0.4, 0.5) is 5.69 Å². The quantitative estimate of drug-likeness (QED) is 0.800. The summed E-state index contributed by atoms with van der Waals surface area (Å²) < 4.78 is 0. The lowest BCUT2D eigenvalue weighted by Crippen LogP contribution is -2.09. The van der Waals surface area contributed by atoms with Gasteiger partial charge in [0, 0.05) is 12.6 Å². The molecule has 15 heavy (non-hydrogen) atoms. The molecular weight excluding hydrogens is 188 g/mol. The monoisotopic (exact) mass is 202 g/mol. The Kier molecular flexibility index (Phi) is 3.46. The van der Waals surface area contributed by atoms with E-state index in [-0.39, 0.29) is 5.91 Å². The number of aryl methyl sites for hydroxylation is 2. The molecule has 0 unspecified atom stereocenters. The van der Waals surface area contributed by atoms with Gasteiger partial charge in [-0.1, -0.05) is 6.92 Å². The molecule has 3 heteroatoms. The normalized spacial score (nSPS) is 9.47. The Bertz CT molecular complexity index is 430. The molecule has 0 saturated carbocycles. The van der Waals surface area contributed by atoms with Crippen molar-refractivity contribution in [2.75, 3.05) is 5.32 Å². The second kappa shape index (κ2) is 4.61. The summed E-state index contributed by atoms with van der Waals surface area (Å²) in [4.78, 5) is 11.0. The van der Waals surface area contributed by atoms with E-state index in [2.05, 4.69) is 11.4 Å². The van der Waals surface area contributed by atoms with Crippen molar-refractivity contribution in [3.63, 3.8) is 0 Å². The second-order valence-corrected chi connectivity index (χ2v) is 3.47. The van der Waals surface area contributed by atoms with Crippen molar-refractivity contribution in [1.82, 2.24) is 0 Å². The third-order valence-electron chi connectivity index (χ3n) is 2.23. The molecule has 0 aliphatic heterocycles. The van der Waals surface area contributed by atoms with E-state index in [1.54, 1.807) is 6.07 Å². The molecule has 78 valence electrons. The Morgan fingerprint density at radius 2 is 2.20 bits per heavy atom. The van der Waals surface area contributed by atoms with Crippen molar-refractivity contribution in [3.05, 3.63) is 28.8 Å². The maximum atomic E-state index is 11.0. The van der Waals surface area contributed by atoms with Gasteiger partial charge in [-0.05, 0) is 36.6 Å². The fourth-order valence-electron chi connectivity index (χ4n) is 1.56. The van der Waals surface area contributed by atoms with E-state index >= 15 is 0 Å². The first-order chi connectivity index (χ1) is 7.08. The maximum Gasteiger partial charge on any atom is 0.221 e. The van der Waals surface area contributed by atoms with Gasteiger partial charge in [0.1, 0.15) is 0 Å². The number of carbonyl (C=O) groups excluding carboxylic acids is 1. The topological polar surface area (TPSA) is 52.9 Å². The van der Waals surface area contributed by atoms with Crippen LogP contribution in [0.3, 0.4) is 0 Å². The Morgan fingerprint density at radius 3 is 2.67 bits per heavy atom.